The Morgan fingerprint density at radius 1 is 1.08 bits per heavy atom. The van der Waals surface area contributed by atoms with E-state index in [1.165, 1.54) is 0 Å². The molecule has 5 heteroatoms. The number of nitrogens with zero attached hydrogens (tertiary/aromatic N) is 3. The van der Waals surface area contributed by atoms with Gasteiger partial charge in [-0.3, -0.25) is 4.79 Å². The van der Waals surface area contributed by atoms with Crippen molar-refractivity contribution >= 4 is 11.7 Å². The zero-order chi connectivity index (χ0) is 16.8. The van der Waals surface area contributed by atoms with Crippen molar-refractivity contribution in [1.82, 2.24) is 9.88 Å². The van der Waals surface area contributed by atoms with Gasteiger partial charge >= 0.3 is 0 Å². The molecule has 24 heavy (non-hydrogen) atoms. The molecule has 126 valence electrons. The van der Waals surface area contributed by atoms with Gasteiger partial charge in [-0.25, -0.2) is 4.98 Å². The lowest BCUT2D eigenvalue weighted by atomic mass is 10.1. The van der Waals surface area contributed by atoms with Gasteiger partial charge in [0.15, 0.2) is 0 Å². The molecule has 0 atom stereocenters. The number of benzene rings is 1. The second-order valence-corrected chi connectivity index (χ2v) is 5.84. The summed E-state index contributed by atoms with van der Waals surface area (Å²) in [5, 5.41) is 0. The molecule has 0 N–H and O–H groups in total. The zero-order valence-electron chi connectivity index (χ0n) is 14.0. The highest BCUT2D eigenvalue weighted by atomic mass is 16.5. The van der Waals surface area contributed by atoms with E-state index in [1.54, 1.807) is 6.20 Å². The minimum Gasteiger partial charge on any atom is -0.494 e. The van der Waals surface area contributed by atoms with E-state index in [0.717, 1.165) is 31.1 Å². The SMILES string of the molecule is CCCOc1ccc(C(=O)N2CCN(c3ccccn3)CC2)cc1. The van der Waals surface area contributed by atoms with Gasteiger partial charge in [-0.05, 0) is 42.8 Å². The summed E-state index contributed by atoms with van der Waals surface area (Å²) in [5.74, 6) is 1.87. The van der Waals surface area contributed by atoms with Crippen LogP contribution in [0.3, 0.4) is 0 Å². The van der Waals surface area contributed by atoms with Crippen molar-refractivity contribution in [3.05, 3.63) is 54.2 Å². The molecule has 0 saturated carbocycles. The van der Waals surface area contributed by atoms with Crippen LogP contribution < -0.4 is 9.64 Å². The van der Waals surface area contributed by atoms with Gasteiger partial charge < -0.3 is 14.5 Å². The fraction of sp³-hybridized carbons (Fsp3) is 0.368. The lowest BCUT2D eigenvalue weighted by molar-refractivity contribution is 0.0746. The van der Waals surface area contributed by atoms with Gasteiger partial charge in [0.05, 0.1) is 6.61 Å². The Morgan fingerprint density at radius 2 is 1.83 bits per heavy atom. The molecule has 2 aromatic rings. The number of hydrogen-bond donors (Lipinski definition) is 0. The predicted molar refractivity (Wildman–Crippen MR) is 94.6 cm³/mol. The molecule has 0 spiro atoms. The van der Waals surface area contributed by atoms with E-state index in [2.05, 4.69) is 16.8 Å². The summed E-state index contributed by atoms with van der Waals surface area (Å²) < 4.78 is 5.56. The molecule has 0 bridgehead atoms. The number of aromatic nitrogens is 1. The minimum atomic E-state index is 0.0812. The first-order valence-electron chi connectivity index (χ1n) is 8.46. The Morgan fingerprint density at radius 3 is 2.46 bits per heavy atom. The third-order valence-corrected chi connectivity index (χ3v) is 4.11. The lowest BCUT2D eigenvalue weighted by Crippen LogP contribution is -2.49. The second-order valence-electron chi connectivity index (χ2n) is 5.84. The van der Waals surface area contributed by atoms with E-state index in [4.69, 9.17) is 4.74 Å². The summed E-state index contributed by atoms with van der Waals surface area (Å²) in [6, 6.07) is 13.3. The van der Waals surface area contributed by atoms with Crippen LogP contribution in [-0.2, 0) is 0 Å². The highest BCUT2D eigenvalue weighted by Crippen LogP contribution is 2.17. The fourth-order valence-electron chi connectivity index (χ4n) is 2.78. The number of carbonyl (C=O) groups excluding carboxylic acids is 1. The highest BCUT2D eigenvalue weighted by Gasteiger charge is 2.22. The van der Waals surface area contributed by atoms with Gasteiger partial charge in [0.2, 0.25) is 0 Å². The summed E-state index contributed by atoms with van der Waals surface area (Å²) in [6.45, 7) is 5.80. The Labute approximate surface area is 142 Å². The van der Waals surface area contributed by atoms with Gasteiger partial charge in [0.25, 0.3) is 5.91 Å². The summed E-state index contributed by atoms with van der Waals surface area (Å²) in [5.41, 5.74) is 0.713. The molecule has 3 rings (SSSR count). The molecule has 2 heterocycles. The van der Waals surface area contributed by atoms with Crippen molar-refractivity contribution in [2.75, 3.05) is 37.7 Å². The van der Waals surface area contributed by atoms with Gasteiger partial charge in [-0.15, -0.1) is 0 Å². The molecule has 0 aliphatic carbocycles. The molecule has 0 radical (unpaired) electrons. The Bertz CT molecular complexity index is 650. The average molecular weight is 325 g/mol. The van der Waals surface area contributed by atoms with Crippen LogP contribution in [0.25, 0.3) is 0 Å². The number of anilines is 1. The minimum absolute atomic E-state index is 0.0812. The molecule has 1 aromatic heterocycles. The van der Waals surface area contributed by atoms with Crippen LogP contribution in [-0.4, -0.2) is 48.6 Å². The molecule has 5 nitrogen and oxygen atoms in total. The monoisotopic (exact) mass is 325 g/mol. The molecular weight excluding hydrogens is 302 g/mol. The predicted octanol–water partition coefficient (Wildman–Crippen LogP) is 2.83. The quantitative estimate of drug-likeness (QED) is 0.848. The fourth-order valence-corrected chi connectivity index (χ4v) is 2.78. The van der Waals surface area contributed by atoms with Crippen LogP contribution in [0.2, 0.25) is 0 Å². The molecule has 1 aromatic carbocycles. The number of rotatable bonds is 5. The van der Waals surface area contributed by atoms with Crippen molar-refractivity contribution in [2.45, 2.75) is 13.3 Å². The molecule has 1 saturated heterocycles. The maximum absolute atomic E-state index is 12.6. The van der Waals surface area contributed by atoms with Crippen molar-refractivity contribution in [2.24, 2.45) is 0 Å². The van der Waals surface area contributed by atoms with Crippen molar-refractivity contribution in [3.63, 3.8) is 0 Å². The van der Waals surface area contributed by atoms with E-state index in [9.17, 15) is 4.79 Å². The van der Waals surface area contributed by atoms with Gasteiger partial charge in [0.1, 0.15) is 11.6 Å². The number of piperazine rings is 1. The molecule has 1 aliphatic heterocycles. The summed E-state index contributed by atoms with van der Waals surface area (Å²) >= 11 is 0. The summed E-state index contributed by atoms with van der Waals surface area (Å²) in [7, 11) is 0. The first kappa shape index (κ1) is 16.3. The molecular formula is C19H23N3O2. The van der Waals surface area contributed by atoms with Gasteiger partial charge in [0, 0.05) is 37.9 Å². The Hall–Kier alpha value is -2.56. The van der Waals surface area contributed by atoms with Crippen LogP contribution in [0.15, 0.2) is 48.7 Å². The second kappa shape index (κ2) is 7.81. The van der Waals surface area contributed by atoms with E-state index in [0.29, 0.717) is 25.3 Å². The van der Waals surface area contributed by atoms with Crippen LogP contribution in [0.1, 0.15) is 23.7 Å². The largest absolute Gasteiger partial charge is 0.494 e. The van der Waals surface area contributed by atoms with E-state index in [-0.39, 0.29) is 5.91 Å². The Balaban J connectivity index is 1.57. The normalized spacial score (nSPS) is 14.5. The smallest absolute Gasteiger partial charge is 0.253 e. The molecule has 1 aliphatic rings. The van der Waals surface area contributed by atoms with Crippen molar-refractivity contribution < 1.29 is 9.53 Å². The number of hydrogen-bond acceptors (Lipinski definition) is 4. The maximum Gasteiger partial charge on any atom is 0.253 e. The van der Waals surface area contributed by atoms with E-state index >= 15 is 0 Å². The third-order valence-electron chi connectivity index (χ3n) is 4.11. The number of carbonyl (C=O) groups is 1. The number of ether oxygens (including phenoxy) is 1. The van der Waals surface area contributed by atoms with Crippen molar-refractivity contribution in [3.8, 4) is 5.75 Å². The summed E-state index contributed by atoms with van der Waals surface area (Å²) in [4.78, 5) is 21.1. The van der Waals surface area contributed by atoms with Gasteiger partial charge in [-0.2, -0.15) is 0 Å². The number of pyridine rings is 1. The Kier molecular flexibility index (Phi) is 5.31. The topological polar surface area (TPSA) is 45.7 Å². The van der Waals surface area contributed by atoms with Crippen LogP contribution >= 0.6 is 0 Å². The third kappa shape index (κ3) is 3.85. The average Bonchev–Trinajstić information content (AvgIpc) is 2.67. The lowest BCUT2D eigenvalue weighted by Gasteiger charge is -2.35. The first-order valence-corrected chi connectivity index (χ1v) is 8.46. The zero-order valence-corrected chi connectivity index (χ0v) is 14.0. The van der Waals surface area contributed by atoms with Crippen LogP contribution in [0.5, 0.6) is 5.75 Å². The number of amides is 1. The molecule has 0 unspecified atom stereocenters. The highest BCUT2D eigenvalue weighted by molar-refractivity contribution is 5.94. The first-order chi connectivity index (χ1) is 11.8. The standard InChI is InChI=1S/C19H23N3O2/c1-2-15-24-17-8-6-16(7-9-17)19(23)22-13-11-21(12-14-22)18-5-3-4-10-20-18/h3-10H,2,11-15H2,1H3. The van der Waals surface area contributed by atoms with E-state index < -0.39 is 0 Å². The maximum atomic E-state index is 12.6. The van der Waals surface area contributed by atoms with Gasteiger partial charge in [-0.1, -0.05) is 13.0 Å². The molecule has 1 fully saturated rings. The van der Waals surface area contributed by atoms with Crippen LogP contribution in [0.4, 0.5) is 5.82 Å². The van der Waals surface area contributed by atoms with Crippen LogP contribution in [0, 0.1) is 0 Å². The van der Waals surface area contributed by atoms with E-state index in [1.807, 2.05) is 47.4 Å². The van der Waals surface area contributed by atoms with Crippen molar-refractivity contribution in [1.29, 1.82) is 0 Å². The molecule has 1 amide bonds. The summed E-state index contributed by atoms with van der Waals surface area (Å²) in [6.07, 6.45) is 2.77.